The molecule has 0 atom stereocenters. The maximum Gasteiger partial charge on any atom is 0.0788 e. The molecule has 0 aliphatic heterocycles. The molecule has 0 spiro atoms. The molecule has 0 saturated heterocycles. The van der Waals surface area contributed by atoms with E-state index < -0.39 is 0 Å². The van der Waals surface area contributed by atoms with Gasteiger partial charge in [0.15, 0.2) is 0 Å². The van der Waals surface area contributed by atoms with Gasteiger partial charge in [-0.1, -0.05) is 109 Å². The number of nitrogens with zero attached hydrogens (tertiary/aromatic N) is 2. The molecule has 8 rings (SSSR count). The van der Waals surface area contributed by atoms with Gasteiger partial charge in [0, 0.05) is 37.8 Å². The summed E-state index contributed by atoms with van der Waals surface area (Å²) in [4.78, 5) is 10.1. The molecule has 0 fully saturated rings. The van der Waals surface area contributed by atoms with Gasteiger partial charge < -0.3 is 0 Å². The van der Waals surface area contributed by atoms with Gasteiger partial charge in [-0.25, -0.2) is 4.98 Å². The molecular weight excluding hydrogens is 540 g/mol. The van der Waals surface area contributed by atoms with Crippen LogP contribution in [0.3, 0.4) is 0 Å². The van der Waals surface area contributed by atoms with Crippen LogP contribution in [0.5, 0.6) is 0 Å². The van der Waals surface area contributed by atoms with Crippen LogP contribution in [0.1, 0.15) is 0 Å². The summed E-state index contributed by atoms with van der Waals surface area (Å²) in [7, 11) is 0. The number of benzene rings is 6. The van der Waals surface area contributed by atoms with Gasteiger partial charge in [-0.2, -0.15) is 0 Å². The van der Waals surface area contributed by atoms with Gasteiger partial charge in [0.1, 0.15) is 0 Å². The topological polar surface area (TPSA) is 25.8 Å². The second kappa shape index (κ2) is 8.72. The molecular formula is C36H21BrN2. The number of halogens is 1. The molecule has 2 aromatic heterocycles. The number of pyridine rings is 2. The average Bonchev–Trinajstić information content (AvgIpc) is 3.01. The van der Waals surface area contributed by atoms with Gasteiger partial charge in [-0.15, -0.1) is 0 Å². The van der Waals surface area contributed by atoms with Crippen LogP contribution >= 0.6 is 15.9 Å². The zero-order valence-corrected chi connectivity index (χ0v) is 22.5. The highest BCUT2D eigenvalue weighted by Gasteiger charge is 2.17. The second-order valence-corrected chi connectivity index (χ2v) is 10.7. The summed E-state index contributed by atoms with van der Waals surface area (Å²) in [5.41, 5.74) is 6.44. The van der Waals surface area contributed by atoms with E-state index in [0.717, 1.165) is 53.9 Å². The van der Waals surface area contributed by atoms with E-state index in [4.69, 9.17) is 9.97 Å². The lowest BCUT2D eigenvalue weighted by Gasteiger charge is -2.16. The maximum atomic E-state index is 5.31. The Kier molecular flexibility index (Phi) is 5.01. The Morgan fingerprint density at radius 1 is 0.513 bits per heavy atom. The highest BCUT2D eigenvalue weighted by atomic mass is 79.9. The molecule has 39 heavy (non-hydrogen) atoms. The smallest absolute Gasteiger partial charge is 0.0788 e. The molecule has 0 saturated carbocycles. The fraction of sp³-hybridized carbons (Fsp3) is 0. The summed E-state index contributed by atoms with van der Waals surface area (Å²) < 4.78 is 1.13. The van der Waals surface area contributed by atoms with Crippen molar-refractivity contribution < 1.29 is 0 Å². The largest absolute Gasteiger partial charge is 0.256 e. The fourth-order valence-electron chi connectivity index (χ4n) is 5.99. The number of fused-ring (bicyclic) bond motifs is 7. The third-order valence-corrected chi connectivity index (χ3v) is 8.59. The molecule has 0 bridgehead atoms. The Balaban J connectivity index is 1.52. The highest BCUT2D eigenvalue weighted by Crippen LogP contribution is 2.43. The zero-order valence-electron chi connectivity index (χ0n) is 20.9. The first-order valence-corrected chi connectivity index (χ1v) is 13.8. The average molecular weight is 561 g/mol. The summed E-state index contributed by atoms with van der Waals surface area (Å²) in [5.74, 6) is 0. The molecule has 0 unspecified atom stereocenters. The van der Waals surface area contributed by atoms with Gasteiger partial charge in [-0.3, -0.25) is 4.98 Å². The van der Waals surface area contributed by atoms with E-state index in [2.05, 4.69) is 125 Å². The molecule has 0 aliphatic carbocycles. The molecule has 182 valence electrons. The molecule has 3 heteroatoms. The minimum absolute atomic E-state index is 0.966. The van der Waals surface area contributed by atoms with Crippen LogP contribution in [0, 0.1) is 0 Å². The Hall–Kier alpha value is -4.60. The Labute approximate surface area is 233 Å². The normalized spacial score (nSPS) is 11.7. The zero-order chi connectivity index (χ0) is 25.9. The van der Waals surface area contributed by atoms with Crippen LogP contribution in [0.25, 0.3) is 76.5 Å². The predicted molar refractivity (Wildman–Crippen MR) is 168 cm³/mol. The number of aromatic nitrogens is 2. The Morgan fingerprint density at radius 3 is 1.92 bits per heavy atom. The third kappa shape index (κ3) is 3.40. The molecule has 0 N–H and O–H groups in total. The summed E-state index contributed by atoms with van der Waals surface area (Å²) in [6, 6.07) is 42.9. The molecule has 8 aromatic rings. The van der Waals surface area contributed by atoms with Crippen molar-refractivity contribution in [2.45, 2.75) is 0 Å². The minimum atomic E-state index is 0.966. The van der Waals surface area contributed by atoms with Crippen LogP contribution < -0.4 is 0 Å². The second-order valence-electron chi connectivity index (χ2n) is 9.90. The van der Waals surface area contributed by atoms with Crippen LogP contribution in [0.15, 0.2) is 132 Å². The Morgan fingerprint density at radius 2 is 1.18 bits per heavy atom. The maximum absolute atomic E-state index is 5.31. The minimum Gasteiger partial charge on any atom is -0.256 e. The van der Waals surface area contributed by atoms with Crippen molar-refractivity contribution in [3.63, 3.8) is 0 Å². The first kappa shape index (κ1) is 22.4. The number of hydrogen-bond donors (Lipinski definition) is 0. The molecule has 0 radical (unpaired) electrons. The lowest BCUT2D eigenvalue weighted by molar-refractivity contribution is 1.41. The lowest BCUT2D eigenvalue weighted by atomic mass is 9.90. The van der Waals surface area contributed by atoms with Crippen molar-refractivity contribution in [1.82, 2.24) is 9.97 Å². The lowest BCUT2D eigenvalue weighted by Crippen LogP contribution is -1.93. The van der Waals surface area contributed by atoms with Gasteiger partial charge in [-0.05, 0) is 60.7 Å². The van der Waals surface area contributed by atoms with Gasteiger partial charge in [0.05, 0.1) is 16.7 Å². The van der Waals surface area contributed by atoms with Crippen molar-refractivity contribution in [1.29, 1.82) is 0 Å². The summed E-state index contributed by atoms with van der Waals surface area (Å²) in [6.45, 7) is 0. The van der Waals surface area contributed by atoms with Crippen LogP contribution in [0.4, 0.5) is 0 Å². The molecule has 6 aromatic carbocycles. The predicted octanol–water partition coefficient (Wildman–Crippen LogP) is 10.3. The van der Waals surface area contributed by atoms with Crippen molar-refractivity contribution in [3.05, 3.63) is 132 Å². The quantitative estimate of drug-likeness (QED) is 0.155. The van der Waals surface area contributed by atoms with Gasteiger partial charge >= 0.3 is 0 Å². The van der Waals surface area contributed by atoms with Crippen LogP contribution in [-0.2, 0) is 0 Å². The first-order chi connectivity index (χ1) is 19.3. The standard InChI is InChI=1S/C36H21BrN2/c37-34-27-14-6-4-12-25(27)32(26-13-5-7-15-28(26)34)24-17-18-29-31(21-24)39-35(22-9-2-1-3-10-22)30-19-16-23-11-8-20-38-36(23)33(29)30/h1-21H. The fourth-order valence-corrected chi connectivity index (χ4v) is 6.68. The van der Waals surface area contributed by atoms with Crippen LogP contribution in [-0.4, -0.2) is 9.97 Å². The molecule has 0 aliphatic rings. The van der Waals surface area contributed by atoms with Crippen molar-refractivity contribution in [3.8, 4) is 22.4 Å². The van der Waals surface area contributed by atoms with E-state index in [1.807, 2.05) is 18.3 Å². The summed E-state index contributed by atoms with van der Waals surface area (Å²) in [6.07, 6.45) is 1.88. The van der Waals surface area contributed by atoms with E-state index in [9.17, 15) is 0 Å². The van der Waals surface area contributed by atoms with E-state index in [1.165, 1.54) is 27.1 Å². The SMILES string of the molecule is Brc1c2ccccc2c(-c2ccc3c(c2)nc(-c2ccccc2)c2ccc4cccnc4c23)c2ccccc12. The van der Waals surface area contributed by atoms with E-state index >= 15 is 0 Å². The van der Waals surface area contributed by atoms with Gasteiger partial charge in [0.2, 0.25) is 0 Å². The van der Waals surface area contributed by atoms with E-state index in [0.29, 0.717) is 0 Å². The van der Waals surface area contributed by atoms with E-state index in [1.54, 1.807) is 0 Å². The number of rotatable bonds is 2. The Bertz CT molecular complexity index is 2180. The highest BCUT2D eigenvalue weighted by molar-refractivity contribution is 9.10. The van der Waals surface area contributed by atoms with E-state index in [-0.39, 0.29) is 0 Å². The monoisotopic (exact) mass is 560 g/mol. The van der Waals surface area contributed by atoms with Crippen LogP contribution in [0.2, 0.25) is 0 Å². The third-order valence-electron chi connectivity index (χ3n) is 7.73. The van der Waals surface area contributed by atoms with Crippen molar-refractivity contribution >= 4 is 70.1 Å². The number of hydrogen-bond acceptors (Lipinski definition) is 2. The molecule has 0 amide bonds. The van der Waals surface area contributed by atoms with Crippen molar-refractivity contribution in [2.75, 3.05) is 0 Å². The molecule has 2 nitrogen and oxygen atoms in total. The summed E-state index contributed by atoms with van der Waals surface area (Å²) >= 11 is 3.90. The van der Waals surface area contributed by atoms with Crippen molar-refractivity contribution in [2.24, 2.45) is 0 Å². The summed E-state index contributed by atoms with van der Waals surface area (Å²) in [5, 5.41) is 9.36. The first-order valence-electron chi connectivity index (χ1n) is 13.0. The van der Waals surface area contributed by atoms with Gasteiger partial charge in [0.25, 0.3) is 0 Å². The molecule has 2 heterocycles.